The third-order valence-electron chi connectivity index (χ3n) is 3.82. The van der Waals surface area contributed by atoms with E-state index in [9.17, 15) is 9.18 Å². The second-order valence-corrected chi connectivity index (χ2v) is 6.17. The Morgan fingerprint density at radius 2 is 2.05 bits per heavy atom. The molecular formula is C17H22FNO2. The van der Waals surface area contributed by atoms with Gasteiger partial charge in [0, 0.05) is 31.3 Å². The average molecular weight is 291 g/mol. The zero-order valence-electron chi connectivity index (χ0n) is 12.6. The molecule has 0 amide bonds. The van der Waals surface area contributed by atoms with Gasteiger partial charge < -0.3 is 5.11 Å². The minimum atomic E-state index is -1.07. The Bertz CT molecular complexity index is 532. The van der Waals surface area contributed by atoms with E-state index in [1.807, 2.05) is 0 Å². The Kier molecular flexibility index (Phi) is 5.12. The van der Waals surface area contributed by atoms with E-state index in [1.165, 1.54) is 18.6 Å². The lowest BCUT2D eigenvalue weighted by Crippen LogP contribution is -2.38. The highest BCUT2D eigenvalue weighted by Gasteiger charge is 2.21. The molecule has 0 aliphatic carbocycles. The minimum Gasteiger partial charge on any atom is -0.478 e. The Labute approximate surface area is 125 Å². The van der Waals surface area contributed by atoms with Gasteiger partial charge in [-0.3, -0.25) is 4.90 Å². The topological polar surface area (TPSA) is 40.5 Å². The number of carboxylic acid groups (broad SMARTS) is 1. The first-order valence-electron chi connectivity index (χ1n) is 7.36. The molecule has 1 aromatic carbocycles. The summed E-state index contributed by atoms with van der Waals surface area (Å²) in [5.41, 5.74) is 1.34. The second kappa shape index (κ2) is 6.85. The largest absolute Gasteiger partial charge is 0.478 e. The highest BCUT2D eigenvalue weighted by atomic mass is 19.1. The molecular weight excluding hydrogens is 269 g/mol. The van der Waals surface area contributed by atoms with Gasteiger partial charge in [-0.2, -0.15) is 0 Å². The van der Waals surface area contributed by atoms with Crippen molar-refractivity contribution < 1.29 is 14.3 Å². The predicted molar refractivity (Wildman–Crippen MR) is 81.3 cm³/mol. The van der Waals surface area contributed by atoms with Crippen LogP contribution in [0.4, 0.5) is 4.39 Å². The van der Waals surface area contributed by atoms with Crippen LogP contribution in [0.25, 0.3) is 6.08 Å². The van der Waals surface area contributed by atoms with Crippen molar-refractivity contribution in [3.8, 4) is 0 Å². The monoisotopic (exact) mass is 291 g/mol. The molecule has 3 nitrogen and oxygen atoms in total. The van der Waals surface area contributed by atoms with Gasteiger partial charge in [-0.05, 0) is 42.0 Å². The Morgan fingerprint density at radius 1 is 1.38 bits per heavy atom. The maximum Gasteiger partial charge on any atom is 0.328 e. The number of carbonyl (C=O) groups is 1. The lowest BCUT2D eigenvalue weighted by Gasteiger charge is -2.35. The van der Waals surface area contributed by atoms with Crippen LogP contribution in [0.15, 0.2) is 24.3 Å². The number of hydrogen-bond acceptors (Lipinski definition) is 2. The lowest BCUT2D eigenvalue weighted by molar-refractivity contribution is -0.131. The number of nitrogens with zero attached hydrogens (tertiary/aromatic N) is 1. The first kappa shape index (κ1) is 15.7. The summed E-state index contributed by atoms with van der Waals surface area (Å²) < 4.78 is 13.7. The van der Waals surface area contributed by atoms with Crippen molar-refractivity contribution in [2.75, 3.05) is 13.1 Å². The number of piperidine rings is 1. The number of carboxylic acids is 1. The van der Waals surface area contributed by atoms with Gasteiger partial charge in [0.05, 0.1) is 0 Å². The Hall–Kier alpha value is -1.68. The molecule has 1 fully saturated rings. The van der Waals surface area contributed by atoms with Gasteiger partial charge in [-0.25, -0.2) is 9.18 Å². The molecule has 2 unspecified atom stereocenters. The molecule has 1 N–H and O–H groups in total. The molecule has 2 rings (SSSR count). The van der Waals surface area contributed by atoms with E-state index >= 15 is 0 Å². The van der Waals surface area contributed by atoms with Crippen LogP contribution in [0, 0.1) is 17.7 Å². The first-order chi connectivity index (χ1) is 9.94. The van der Waals surface area contributed by atoms with E-state index in [-0.39, 0.29) is 0 Å². The Balaban J connectivity index is 2.10. The average Bonchev–Trinajstić information content (AvgIpc) is 2.38. The minimum absolute atomic E-state index is 0.327. The van der Waals surface area contributed by atoms with E-state index < -0.39 is 11.8 Å². The number of likely N-dealkylation sites (tertiary alicyclic amines) is 1. The second-order valence-electron chi connectivity index (χ2n) is 6.17. The van der Waals surface area contributed by atoms with Gasteiger partial charge in [-0.15, -0.1) is 0 Å². The third kappa shape index (κ3) is 4.67. The first-order valence-corrected chi connectivity index (χ1v) is 7.36. The Morgan fingerprint density at radius 3 is 2.67 bits per heavy atom. The zero-order valence-corrected chi connectivity index (χ0v) is 12.6. The van der Waals surface area contributed by atoms with Gasteiger partial charge >= 0.3 is 5.97 Å². The van der Waals surface area contributed by atoms with Crippen molar-refractivity contribution in [2.45, 2.75) is 26.8 Å². The maximum absolute atomic E-state index is 13.7. The van der Waals surface area contributed by atoms with Gasteiger partial charge in [0.15, 0.2) is 0 Å². The van der Waals surface area contributed by atoms with Crippen LogP contribution >= 0.6 is 0 Å². The molecule has 0 radical (unpaired) electrons. The fourth-order valence-electron chi connectivity index (χ4n) is 3.16. The molecule has 0 saturated carbocycles. The van der Waals surface area contributed by atoms with Crippen molar-refractivity contribution >= 4 is 12.0 Å². The molecule has 1 aliphatic rings. The fourth-order valence-corrected chi connectivity index (χ4v) is 3.16. The molecule has 1 aromatic rings. The normalized spacial score (nSPS) is 23.6. The van der Waals surface area contributed by atoms with E-state index in [2.05, 4.69) is 18.7 Å². The number of benzene rings is 1. The van der Waals surface area contributed by atoms with E-state index in [0.29, 0.717) is 17.4 Å². The smallest absolute Gasteiger partial charge is 0.328 e. The summed E-state index contributed by atoms with van der Waals surface area (Å²) in [7, 11) is 0. The molecule has 1 aliphatic heterocycles. The molecule has 114 valence electrons. The summed E-state index contributed by atoms with van der Waals surface area (Å²) in [5.74, 6) is -0.101. The molecule has 0 aromatic heterocycles. The van der Waals surface area contributed by atoms with Crippen molar-refractivity contribution in [1.82, 2.24) is 4.90 Å². The van der Waals surface area contributed by atoms with Gasteiger partial charge in [-0.1, -0.05) is 19.9 Å². The quantitative estimate of drug-likeness (QED) is 0.864. The van der Waals surface area contributed by atoms with Crippen LogP contribution in [0.1, 0.15) is 31.4 Å². The molecule has 4 heteroatoms. The highest BCUT2D eigenvalue weighted by molar-refractivity contribution is 5.85. The highest BCUT2D eigenvalue weighted by Crippen LogP contribution is 2.23. The van der Waals surface area contributed by atoms with Gasteiger partial charge in [0.1, 0.15) is 5.82 Å². The van der Waals surface area contributed by atoms with Crippen molar-refractivity contribution in [3.05, 3.63) is 41.2 Å². The van der Waals surface area contributed by atoms with Crippen LogP contribution in [0.3, 0.4) is 0 Å². The summed E-state index contributed by atoms with van der Waals surface area (Å²) >= 11 is 0. The molecule has 0 bridgehead atoms. The predicted octanol–water partition coefficient (Wildman–Crippen LogP) is 3.40. The van der Waals surface area contributed by atoms with Crippen molar-refractivity contribution in [2.24, 2.45) is 11.8 Å². The third-order valence-corrected chi connectivity index (χ3v) is 3.82. The molecule has 1 heterocycles. The number of hydrogen-bond donors (Lipinski definition) is 1. The summed E-state index contributed by atoms with van der Waals surface area (Å²) in [6.07, 6.45) is 3.53. The summed E-state index contributed by atoms with van der Waals surface area (Å²) in [6, 6.07) is 4.92. The van der Waals surface area contributed by atoms with Crippen LogP contribution < -0.4 is 0 Å². The van der Waals surface area contributed by atoms with E-state index in [0.717, 1.165) is 31.3 Å². The van der Waals surface area contributed by atoms with Crippen LogP contribution in [0.5, 0.6) is 0 Å². The number of halogens is 1. The summed E-state index contributed by atoms with van der Waals surface area (Å²) in [6.45, 7) is 7.41. The maximum atomic E-state index is 13.7. The van der Waals surface area contributed by atoms with Crippen LogP contribution in [-0.4, -0.2) is 29.1 Å². The summed E-state index contributed by atoms with van der Waals surface area (Å²) in [4.78, 5) is 12.9. The number of rotatable bonds is 4. The van der Waals surface area contributed by atoms with E-state index in [1.54, 1.807) is 12.1 Å². The lowest BCUT2D eigenvalue weighted by atomic mass is 9.91. The van der Waals surface area contributed by atoms with Crippen molar-refractivity contribution in [3.63, 3.8) is 0 Å². The van der Waals surface area contributed by atoms with Gasteiger partial charge in [0.25, 0.3) is 0 Å². The van der Waals surface area contributed by atoms with Gasteiger partial charge in [0.2, 0.25) is 0 Å². The van der Waals surface area contributed by atoms with E-state index in [4.69, 9.17) is 5.11 Å². The zero-order chi connectivity index (χ0) is 15.4. The molecule has 0 spiro atoms. The summed E-state index contributed by atoms with van der Waals surface area (Å²) in [5, 5.41) is 8.64. The van der Waals surface area contributed by atoms with Crippen LogP contribution in [0.2, 0.25) is 0 Å². The van der Waals surface area contributed by atoms with Crippen LogP contribution in [-0.2, 0) is 11.3 Å². The molecule has 21 heavy (non-hydrogen) atoms. The SMILES string of the molecule is CC1CC(C)CN(Cc2ccc(F)c(C=CC(=O)O)c2)C1. The number of aliphatic carboxylic acids is 1. The molecule has 1 saturated heterocycles. The fraction of sp³-hybridized carbons (Fsp3) is 0.471. The van der Waals surface area contributed by atoms with Crippen molar-refractivity contribution in [1.29, 1.82) is 0 Å². The molecule has 2 atom stereocenters. The standard InChI is InChI=1S/C17H22FNO2/c1-12-7-13(2)10-19(9-12)11-14-3-5-16(18)15(8-14)4-6-17(20)21/h3-6,8,12-13H,7,9-11H2,1-2H3,(H,20,21).